The lowest BCUT2D eigenvalue weighted by Crippen LogP contribution is -1.95. The smallest absolute Gasteiger partial charge is 0.101 e. The summed E-state index contributed by atoms with van der Waals surface area (Å²) in [6.45, 7) is 0. The molecule has 2 aliphatic carbocycles. The van der Waals surface area contributed by atoms with Crippen LogP contribution in [0.15, 0.2) is 24.3 Å². The van der Waals surface area contributed by atoms with Crippen LogP contribution in [0.3, 0.4) is 0 Å². The molecule has 2 heteroatoms. The zero-order valence-electron chi connectivity index (χ0n) is 8.55. The molecule has 1 aromatic rings. The molecule has 1 aromatic carbocycles. The molecule has 0 spiro atoms. The molecule has 2 saturated carbocycles. The van der Waals surface area contributed by atoms with E-state index in [2.05, 4.69) is 24.3 Å². The van der Waals surface area contributed by atoms with Crippen molar-refractivity contribution >= 4 is 23.2 Å². The van der Waals surface area contributed by atoms with Crippen molar-refractivity contribution in [3.63, 3.8) is 0 Å². The Kier molecular flexibility index (Phi) is 2.26. The Hall–Kier alpha value is -0.200. The van der Waals surface area contributed by atoms with Crippen LogP contribution in [0, 0.1) is 5.92 Å². The van der Waals surface area contributed by atoms with Crippen LogP contribution in [0.25, 0.3) is 0 Å². The highest BCUT2D eigenvalue weighted by Crippen LogP contribution is 2.54. The van der Waals surface area contributed by atoms with Gasteiger partial charge in [0.2, 0.25) is 0 Å². The van der Waals surface area contributed by atoms with Gasteiger partial charge in [0.15, 0.2) is 0 Å². The number of benzene rings is 1. The van der Waals surface area contributed by atoms with Gasteiger partial charge in [-0.3, -0.25) is 0 Å². The first kappa shape index (κ1) is 9.99. The Morgan fingerprint density at radius 3 is 2.20 bits per heavy atom. The van der Waals surface area contributed by atoms with Gasteiger partial charge in [-0.15, -0.1) is 23.2 Å². The van der Waals surface area contributed by atoms with Crippen LogP contribution in [-0.4, -0.2) is 4.33 Å². The molecule has 0 nitrogen and oxygen atoms in total. The monoisotopic (exact) mass is 240 g/mol. The van der Waals surface area contributed by atoms with Crippen molar-refractivity contribution in [1.82, 2.24) is 0 Å². The van der Waals surface area contributed by atoms with Crippen LogP contribution in [-0.2, 0) is 6.42 Å². The van der Waals surface area contributed by atoms with Crippen LogP contribution in [0.5, 0.6) is 0 Å². The van der Waals surface area contributed by atoms with Crippen LogP contribution < -0.4 is 0 Å². The molecule has 0 aromatic heterocycles. The first-order chi connectivity index (χ1) is 7.15. The maximum Gasteiger partial charge on any atom is 0.121 e. The molecule has 0 N–H and O–H groups in total. The van der Waals surface area contributed by atoms with Crippen molar-refractivity contribution in [3.8, 4) is 0 Å². The minimum atomic E-state index is -0.435. The van der Waals surface area contributed by atoms with Gasteiger partial charge in [0.25, 0.3) is 0 Å². The molecular weight excluding hydrogens is 227 g/mol. The van der Waals surface area contributed by atoms with Crippen molar-refractivity contribution in [2.45, 2.75) is 35.9 Å². The summed E-state index contributed by atoms with van der Waals surface area (Å²) in [5, 5.41) is 0. The second kappa shape index (κ2) is 3.40. The van der Waals surface area contributed by atoms with Gasteiger partial charge in [0.05, 0.1) is 0 Å². The minimum Gasteiger partial charge on any atom is -0.101 e. The lowest BCUT2D eigenvalue weighted by Gasteiger charge is -2.03. The Balaban J connectivity index is 1.66. The predicted molar refractivity (Wildman–Crippen MR) is 64.7 cm³/mol. The Morgan fingerprint density at radius 1 is 1.13 bits per heavy atom. The fourth-order valence-corrected chi connectivity index (χ4v) is 2.64. The van der Waals surface area contributed by atoms with E-state index in [9.17, 15) is 0 Å². The highest BCUT2D eigenvalue weighted by molar-refractivity contribution is 6.50. The van der Waals surface area contributed by atoms with Crippen molar-refractivity contribution in [1.29, 1.82) is 0 Å². The van der Waals surface area contributed by atoms with E-state index >= 15 is 0 Å². The molecule has 1 atom stereocenters. The second-order valence-electron chi connectivity index (χ2n) is 4.88. The molecule has 0 bridgehead atoms. The summed E-state index contributed by atoms with van der Waals surface area (Å²) >= 11 is 12.0. The van der Waals surface area contributed by atoms with Crippen molar-refractivity contribution in [3.05, 3.63) is 35.4 Å². The van der Waals surface area contributed by atoms with Crippen LogP contribution in [0.1, 0.15) is 36.3 Å². The van der Waals surface area contributed by atoms with Crippen LogP contribution in [0.4, 0.5) is 0 Å². The molecule has 1 unspecified atom stereocenters. The number of hydrogen-bond acceptors (Lipinski definition) is 0. The Morgan fingerprint density at radius 2 is 1.73 bits per heavy atom. The average Bonchev–Trinajstić information content (AvgIpc) is 3.07. The molecule has 80 valence electrons. The molecule has 0 saturated heterocycles. The van der Waals surface area contributed by atoms with Gasteiger partial charge in [0.1, 0.15) is 4.33 Å². The average molecular weight is 241 g/mol. The van der Waals surface area contributed by atoms with Gasteiger partial charge in [-0.05, 0) is 48.6 Å². The SMILES string of the molecule is ClC1(Cl)CC1Cc1ccc(C2CC2)cc1. The highest BCUT2D eigenvalue weighted by atomic mass is 35.5. The summed E-state index contributed by atoms with van der Waals surface area (Å²) < 4.78 is -0.435. The van der Waals surface area contributed by atoms with Gasteiger partial charge in [-0.2, -0.15) is 0 Å². The van der Waals surface area contributed by atoms with Crippen molar-refractivity contribution in [2.24, 2.45) is 5.92 Å². The number of hydrogen-bond donors (Lipinski definition) is 0. The molecule has 0 aliphatic heterocycles. The van der Waals surface area contributed by atoms with Crippen molar-refractivity contribution < 1.29 is 0 Å². The van der Waals surface area contributed by atoms with E-state index in [1.807, 2.05) is 0 Å². The molecule has 0 radical (unpaired) electrons. The first-order valence-electron chi connectivity index (χ1n) is 5.62. The highest BCUT2D eigenvalue weighted by Gasteiger charge is 2.51. The normalized spacial score (nSPS) is 27.7. The van der Waals surface area contributed by atoms with E-state index in [0.717, 1.165) is 18.8 Å². The molecule has 2 aliphatic rings. The van der Waals surface area contributed by atoms with Crippen molar-refractivity contribution in [2.75, 3.05) is 0 Å². The maximum absolute atomic E-state index is 6.01. The number of rotatable bonds is 3. The van der Waals surface area contributed by atoms with E-state index in [1.54, 1.807) is 0 Å². The lowest BCUT2D eigenvalue weighted by molar-refractivity contribution is 0.819. The molecule has 2 fully saturated rings. The van der Waals surface area contributed by atoms with E-state index in [-0.39, 0.29) is 0 Å². The lowest BCUT2D eigenvalue weighted by atomic mass is 10.0. The molecule has 0 heterocycles. The summed E-state index contributed by atoms with van der Waals surface area (Å²) in [6, 6.07) is 8.99. The summed E-state index contributed by atoms with van der Waals surface area (Å²) in [7, 11) is 0. The zero-order chi connectivity index (χ0) is 10.5. The third-order valence-electron chi connectivity index (χ3n) is 3.47. The van der Waals surface area contributed by atoms with E-state index < -0.39 is 4.33 Å². The molecular formula is C13H14Cl2. The first-order valence-corrected chi connectivity index (χ1v) is 6.37. The predicted octanol–water partition coefficient (Wildman–Crippen LogP) is 4.30. The topological polar surface area (TPSA) is 0 Å². The third kappa shape index (κ3) is 2.16. The standard InChI is InChI=1S/C13H14Cl2/c14-13(15)8-12(13)7-9-1-3-10(4-2-9)11-5-6-11/h1-4,11-12H,5-8H2. The van der Waals surface area contributed by atoms with Gasteiger partial charge in [-0.1, -0.05) is 24.3 Å². The molecule has 3 rings (SSSR count). The summed E-state index contributed by atoms with van der Waals surface area (Å²) in [6.07, 6.45) is 4.71. The summed E-state index contributed by atoms with van der Waals surface area (Å²) in [4.78, 5) is 0. The van der Waals surface area contributed by atoms with Gasteiger partial charge in [0, 0.05) is 0 Å². The molecule has 0 amide bonds. The number of alkyl halides is 2. The van der Waals surface area contributed by atoms with Gasteiger partial charge in [-0.25, -0.2) is 0 Å². The number of halogens is 2. The van der Waals surface area contributed by atoms with Crippen LogP contribution >= 0.6 is 23.2 Å². The van der Waals surface area contributed by atoms with E-state index in [0.29, 0.717) is 5.92 Å². The second-order valence-corrected chi connectivity index (χ2v) is 6.42. The maximum atomic E-state index is 6.01. The Bertz CT molecular complexity index is 363. The zero-order valence-corrected chi connectivity index (χ0v) is 10.1. The fraction of sp³-hybridized carbons (Fsp3) is 0.538. The van der Waals surface area contributed by atoms with Gasteiger partial charge >= 0.3 is 0 Å². The molecule has 15 heavy (non-hydrogen) atoms. The quantitative estimate of drug-likeness (QED) is 0.692. The third-order valence-corrected chi connectivity index (χ3v) is 4.39. The fourth-order valence-electron chi connectivity index (χ4n) is 2.12. The van der Waals surface area contributed by atoms with Crippen LogP contribution in [0.2, 0.25) is 0 Å². The largest absolute Gasteiger partial charge is 0.121 e. The van der Waals surface area contributed by atoms with E-state index in [4.69, 9.17) is 23.2 Å². The minimum absolute atomic E-state index is 0.435. The van der Waals surface area contributed by atoms with E-state index in [1.165, 1.54) is 24.0 Å². The summed E-state index contributed by atoms with van der Waals surface area (Å²) in [5.41, 5.74) is 2.87. The Labute approximate surface area is 101 Å². The van der Waals surface area contributed by atoms with Gasteiger partial charge < -0.3 is 0 Å². The summed E-state index contributed by atoms with van der Waals surface area (Å²) in [5.74, 6) is 1.31.